The molecule has 186 valence electrons. The van der Waals surface area contributed by atoms with Gasteiger partial charge >= 0.3 is 0 Å². The minimum Gasteiger partial charge on any atom is -0.359 e. The van der Waals surface area contributed by atoms with Crippen molar-refractivity contribution in [1.82, 2.24) is 20.0 Å². The Balaban J connectivity index is 1.54. The predicted octanol–water partition coefficient (Wildman–Crippen LogP) is 5.18. The number of carbonyl (C=O) groups excluding carboxylic acids is 1. The van der Waals surface area contributed by atoms with Crippen LogP contribution < -0.4 is 4.90 Å². The van der Waals surface area contributed by atoms with Gasteiger partial charge in [0.05, 0.1) is 18.1 Å². The van der Waals surface area contributed by atoms with Gasteiger partial charge in [-0.05, 0) is 42.6 Å². The Morgan fingerprint density at radius 1 is 1.17 bits per heavy atom. The maximum absolute atomic E-state index is 13.9. The van der Waals surface area contributed by atoms with Gasteiger partial charge in [-0.15, -0.1) is 0 Å². The lowest BCUT2D eigenvalue weighted by Crippen LogP contribution is -2.30. The van der Waals surface area contributed by atoms with Gasteiger partial charge in [-0.2, -0.15) is 15.3 Å². The number of anilines is 1. The maximum Gasteiger partial charge on any atom is 0.231 e. The van der Waals surface area contributed by atoms with Crippen LogP contribution in [0.5, 0.6) is 0 Å². The summed E-state index contributed by atoms with van der Waals surface area (Å²) >= 11 is 5.59. The fourth-order valence-corrected chi connectivity index (χ4v) is 4.86. The zero-order valence-corrected chi connectivity index (χ0v) is 21.7. The summed E-state index contributed by atoms with van der Waals surface area (Å²) in [6.45, 7) is 8.14. The minimum atomic E-state index is -1.25. The SMILES string of the molecule is C[Si](C)(C)CCOCn1nc(-c2ccnnc2)cc1N1CCC(Cc2cc(F)c(Cl)c(F)c2)C1=O. The quantitative estimate of drug-likeness (QED) is 0.221. The molecule has 0 radical (unpaired) electrons. The molecule has 1 aromatic carbocycles. The molecule has 0 spiro atoms. The second-order valence-corrected chi connectivity index (χ2v) is 15.9. The number of rotatable bonds is 9. The molecule has 7 nitrogen and oxygen atoms in total. The van der Waals surface area contributed by atoms with Crippen molar-refractivity contribution in [3.63, 3.8) is 0 Å². The first-order chi connectivity index (χ1) is 16.6. The van der Waals surface area contributed by atoms with Crippen molar-refractivity contribution >= 4 is 31.4 Å². The third kappa shape index (κ3) is 6.12. The highest BCUT2D eigenvalue weighted by Crippen LogP contribution is 2.32. The van der Waals surface area contributed by atoms with Crippen molar-refractivity contribution in [2.45, 2.75) is 45.3 Å². The Bertz CT molecular complexity index is 1180. The predicted molar refractivity (Wildman–Crippen MR) is 133 cm³/mol. The lowest BCUT2D eigenvalue weighted by atomic mass is 9.98. The van der Waals surface area contributed by atoms with E-state index in [2.05, 4.69) is 34.9 Å². The van der Waals surface area contributed by atoms with Crippen molar-refractivity contribution in [1.29, 1.82) is 0 Å². The van der Waals surface area contributed by atoms with Crippen molar-refractivity contribution in [3.8, 4) is 11.3 Å². The first-order valence-corrected chi connectivity index (χ1v) is 15.6. The number of nitrogens with zero attached hydrogens (tertiary/aromatic N) is 5. The molecule has 0 bridgehead atoms. The molecule has 1 amide bonds. The summed E-state index contributed by atoms with van der Waals surface area (Å²) in [5.41, 5.74) is 1.83. The molecular weight excluding hydrogens is 492 g/mol. The third-order valence-electron chi connectivity index (χ3n) is 5.97. The summed E-state index contributed by atoms with van der Waals surface area (Å²) in [5, 5.41) is 11.9. The Kier molecular flexibility index (Phi) is 7.63. The van der Waals surface area contributed by atoms with Gasteiger partial charge in [-0.25, -0.2) is 13.5 Å². The topological polar surface area (TPSA) is 73.1 Å². The van der Waals surface area contributed by atoms with Crippen LogP contribution in [0.3, 0.4) is 0 Å². The number of aromatic nitrogens is 4. The van der Waals surface area contributed by atoms with Crippen molar-refractivity contribution in [2.75, 3.05) is 18.1 Å². The summed E-state index contributed by atoms with van der Waals surface area (Å²) < 4.78 is 35.4. The molecule has 0 N–H and O–H groups in total. The van der Waals surface area contributed by atoms with Gasteiger partial charge in [-0.1, -0.05) is 31.2 Å². The zero-order chi connectivity index (χ0) is 25.2. The van der Waals surface area contributed by atoms with Gasteiger partial charge in [0.1, 0.15) is 29.2 Å². The van der Waals surface area contributed by atoms with E-state index in [-0.39, 0.29) is 19.1 Å². The number of hydrogen-bond donors (Lipinski definition) is 0. The fraction of sp³-hybridized carbons (Fsp3) is 0.417. The van der Waals surface area contributed by atoms with E-state index in [1.54, 1.807) is 28.0 Å². The first kappa shape index (κ1) is 25.4. The summed E-state index contributed by atoms with van der Waals surface area (Å²) in [4.78, 5) is 15.0. The molecule has 1 saturated heterocycles. The Morgan fingerprint density at radius 2 is 1.91 bits per heavy atom. The van der Waals surface area contributed by atoms with Crippen LogP contribution in [0.2, 0.25) is 30.7 Å². The van der Waals surface area contributed by atoms with E-state index in [1.165, 1.54) is 12.1 Å². The normalized spacial score (nSPS) is 16.3. The molecule has 1 atom stereocenters. The summed E-state index contributed by atoms with van der Waals surface area (Å²) in [7, 11) is -1.25. The molecule has 1 aliphatic heterocycles. The molecule has 1 unspecified atom stereocenters. The molecule has 11 heteroatoms. The van der Waals surface area contributed by atoms with Crippen molar-refractivity contribution in [3.05, 3.63) is 58.9 Å². The average Bonchev–Trinajstić information content (AvgIpc) is 3.38. The van der Waals surface area contributed by atoms with E-state index in [4.69, 9.17) is 16.3 Å². The van der Waals surface area contributed by atoms with E-state index in [9.17, 15) is 13.6 Å². The Morgan fingerprint density at radius 3 is 2.57 bits per heavy atom. The molecule has 3 heterocycles. The standard InChI is InChI=1S/C24H28ClF2N5O2Si/c1-35(2,3)9-8-34-15-32-22(13-21(30-32)18-4-6-28-29-14-18)31-7-5-17(24(31)33)10-16-11-19(26)23(25)20(27)12-16/h4,6,11-14,17H,5,7-10,15H2,1-3H3. The minimum absolute atomic E-state index is 0.122. The van der Waals surface area contributed by atoms with Gasteiger partial charge in [-0.3, -0.25) is 9.69 Å². The number of hydrogen-bond acceptors (Lipinski definition) is 5. The lowest BCUT2D eigenvalue weighted by molar-refractivity contribution is -0.120. The highest BCUT2D eigenvalue weighted by Gasteiger charge is 2.35. The summed E-state index contributed by atoms with van der Waals surface area (Å²) in [6, 6.07) is 7.03. The molecule has 2 aromatic heterocycles. The van der Waals surface area contributed by atoms with Crippen molar-refractivity contribution < 1.29 is 18.3 Å². The Labute approximate surface area is 209 Å². The number of ether oxygens (including phenoxy) is 1. The monoisotopic (exact) mass is 519 g/mol. The maximum atomic E-state index is 13.9. The third-order valence-corrected chi connectivity index (χ3v) is 8.03. The fourth-order valence-electron chi connectivity index (χ4n) is 4.00. The van der Waals surface area contributed by atoms with Crippen LogP contribution in [0.15, 0.2) is 36.7 Å². The molecule has 4 rings (SSSR count). The number of amides is 1. The number of carbonyl (C=O) groups is 1. The molecule has 3 aromatic rings. The summed E-state index contributed by atoms with van der Waals surface area (Å²) in [5.74, 6) is -1.56. The molecule has 1 fully saturated rings. The zero-order valence-electron chi connectivity index (χ0n) is 20.0. The van der Waals surface area contributed by atoms with Crippen LogP contribution in [0.25, 0.3) is 11.3 Å². The van der Waals surface area contributed by atoms with Crippen LogP contribution in [0.4, 0.5) is 14.6 Å². The molecule has 1 aliphatic rings. The smallest absolute Gasteiger partial charge is 0.231 e. The van der Waals surface area contributed by atoms with E-state index in [1.807, 2.05) is 6.07 Å². The Hall–Kier alpha value is -2.69. The average molecular weight is 520 g/mol. The largest absolute Gasteiger partial charge is 0.359 e. The first-order valence-electron chi connectivity index (χ1n) is 11.5. The molecule has 0 saturated carbocycles. The van der Waals surface area contributed by atoms with Gasteiger partial charge in [0, 0.05) is 38.8 Å². The lowest BCUT2D eigenvalue weighted by Gasteiger charge is -2.19. The second-order valence-electron chi connectivity index (χ2n) is 9.92. The molecule has 0 aliphatic carbocycles. The van der Waals surface area contributed by atoms with Crippen LogP contribution in [0, 0.1) is 17.6 Å². The van der Waals surface area contributed by atoms with E-state index in [0.717, 1.165) is 11.6 Å². The van der Waals surface area contributed by atoms with Crippen LogP contribution in [-0.2, 0) is 22.7 Å². The van der Waals surface area contributed by atoms with Crippen molar-refractivity contribution in [2.24, 2.45) is 5.92 Å². The van der Waals surface area contributed by atoms with E-state index >= 15 is 0 Å². The summed E-state index contributed by atoms with van der Waals surface area (Å²) in [6.07, 6.45) is 3.97. The van der Waals surface area contributed by atoms with Crippen LogP contribution >= 0.6 is 11.6 Å². The van der Waals surface area contributed by atoms with E-state index < -0.39 is 30.6 Å². The van der Waals surface area contributed by atoms with Gasteiger partial charge in [0.25, 0.3) is 0 Å². The van der Waals surface area contributed by atoms with Gasteiger partial charge < -0.3 is 4.74 Å². The highest BCUT2D eigenvalue weighted by molar-refractivity contribution is 6.76. The second kappa shape index (κ2) is 10.5. The molecule has 35 heavy (non-hydrogen) atoms. The number of halogens is 3. The molecular formula is C24H28ClF2N5O2Si. The van der Waals surface area contributed by atoms with E-state index in [0.29, 0.717) is 36.6 Å². The van der Waals surface area contributed by atoms with Gasteiger partial charge in [0.15, 0.2) is 0 Å². The van der Waals surface area contributed by atoms with Crippen LogP contribution in [-0.4, -0.2) is 47.1 Å². The van der Waals surface area contributed by atoms with Gasteiger partial charge in [0.2, 0.25) is 5.91 Å². The van der Waals surface area contributed by atoms with Crippen LogP contribution in [0.1, 0.15) is 12.0 Å². The highest BCUT2D eigenvalue weighted by atomic mass is 35.5. The number of benzene rings is 1.